The van der Waals surface area contributed by atoms with Crippen molar-refractivity contribution in [2.24, 2.45) is 23.5 Å². The lowest BCUT2D eigenvalue weighted by atomic mass is 9.89. The number of likely N-dealkylation sites (tertiary alicyclic amines) is 1. The van der Waals surface area contributed by atoms with Crippen LogP contribution in [0.1, 0.15) is 59.3 Å². The molecule has 6 N–H and O–H groups in total. The predicted molar refractivity (Wildman–Crippen MR) is 166 cm³/mol. The number of nitrogens with two attached hydrogens (primary N) is 1. The van der Waals surface area contributed by atoms with Crippen LogP contribution in [0, 0.1) is 17.8 Å². The standard InChI is InChI=1S/C31H57F2N7O3/c1-6-8-21(7-2)25-10-9-23(32)17-36-20(3)27(29(34)37-25)30(41)38-26-19-35-18-24(33)28(26)40-13-11-22(12-14-40)31(42)39(4)15-16-43-5/h10,20-24,26-29,35-37H,6-9,11-19,34H2,1-5H3,(H,38,41)/b25-10-. The normalized spacial score (nSPS) is 33.5. The van der Waals surface area contributed by atoms with Gasteiger partial charge in [-0.3, -0.25) is 14.5 Å². The third kappa shape index (κ3) is 9.81. The van der Waals surface area contributed by atoms with Crippen molar-refractivity contribution in [3.8, 4) is 0 Å². The third-order valence-corrected chi connectivity index (χ3v) is 9.51. The van der Waals surface area contributed by atoms with E-state index in [-0.39, 0.29) is 43.2 Å². The number of nitrogens with one attached hydrogen (secondary N) is 4. The molecule has 10 nitrogen and oxygen atoms in total. The number of methoxy groups -OCH3 is 1. The Bertz CT molecular complexity index is 905. The van der Waals surface area contributed by atoms with E-state index in [2.05, 4.69) is 40.0 Å². The Labute approximate surface area is 257 Å². The van der Waals surface area contributed by atoms with E-state index in [4.69, 9.17) is 10.5 Å². The van der Waals surface area contributed by atoms with E-state index < -0.39 is 42.6 Å². The van der Waals surface area contributed by atoms with Crippen LogP contribution in [0.15, 0.2) is 11.8 Å². The van der Waals surface area contributed by atoms with Crippen molar-refractivity contribution >= 4 is 11.8 Å². The van der Waals surface area contributed by atoms with Crippen LogP contribution >= 0.6 is 0 Å². The highest BCUT2D eigenvalue weighted by Crippen LogP contribution is 2.26. The first-order chi connectivity index (χ1) is 20.6. The van der Waals surface area contributed by atoms with Gasteiger partial charge in [-0.05, 0) is 58.0 Å². The zero-order chi connectivity index (χ0) is 31.5. The van der Waals surface area contributed by atoms with Gasteiger partial charge in [0.25, 0.3) is 0 Å². The minimum Gasteiger partial charge on any atom is -0.383 e. The average Bonchev–Trinajstić information content (AvgIpc) is 2.99. The maximum Gasteiger partial charge on any atom is 0.228 e. The lowest BCUT2D eigenvalue weighted by Crippen LogP contribution is -2.68. The molecular formula is C31H57F2N7O3. The van der Waals surface area contributed by atoms with Crippen LogP contribution in [-0.2, 0) is 14.3 Å². The third-order valence-electron chi connectivity index (χ3n) is 9.51. The highest BCUT2D eigenvalue weighted by molar-refractivity contribution is 5.80. The zero-order valence-corrected chi connectivity index (χ0v) is 26.9. The Hall–Kier alpha value is -1.86. The largest absolute Gasteiger partial charge is 0.383 e. The minimum atomic E-state index is -1.18. The first-order valence-electron chi connectivity index (χ1n) is 16.3. The fraction of sp³-hybridized carbons (Fsp3) is 0.871. The molecule has 0 aromatic rings. The highest BCUT2D eigenvalue weighted by Gasteiger charge is 2.43. The second-order valence-electron chi connectivity index (χ2n) is 12.6. The molecule has 248 valence electrons. The number of hydrogen-bond acceptors (Lipinski definition) is 8. The number of alkyl halides is 2. The van der Waals surface area contributed by atoms with Crippen LogP contribution in [0.4, 0.5) is 8.78 Å². The molecule has 0 aliphatic carbocycles. The summed E-state index contributed by atoms with van der Waals surface area (Å²) in [5, 5.41) is 12.8. The van der Waals surface area contributed by atoms with E-state index in [0.29, 0.717) is 45.6 Å². The topological polar surface area (TPSA) is 124 Å². The Morgan fingerprint density at radius 2 is 1.93 bits per heavy atom. The molecule has 3 heterocycles. The molecule has 0 spiro atoms. The summed E-state index contributed by atoms with van der Waals surface area (Å²) in [6, 6.07) is -1.39. The average molecular weight is 614 g/mol. The summed E-state index contributed by atoms with van der Waals surface area (Å²) in [5.74, 6) is -0.792. The van der Waals surface area contributed by atoms with Crippen molar-refractivity contribution in [1.82, 2.24) is 31.1 Å². The number of piperidine rings is 2. The fourth-order valence-corrected chi connectivity index (χ4v) is 6.90. The van der Waals surface area contributed by atoms with Gasteiger partial charge in [0.05, 0.1) is 30.8 Å². The summed E-state index contributed by atoms with van der Waals surface area (Å²) in [4.78, 5) is 30.6. The smallest absolute Gasteiger partial charge is 0.228 e. The van der Waals surface area contributed by atoms with Gasteiger partial charge in [-0.1, -0.05) is 26.3 Å². The van der Waals surface area contributed by atoms with Gasteiger partial charge in [0, 0.05) is 58.0 Å². The van der Waals surface area contributed by atoms with E-state index in [1.807, 2.05) is 13.0 Å². The van der Waals surface area contributed by atoms with E-state index in [1.54, 1.807) is 19.1 Å². The quantitative estimate of drug-likeness (QED) is 0.238. The number of likely N-dealkylation sites (N-methyl/N-ethyl adjacent to an activating group) is 1. The van der Waals surface area contributed by atoms with Crippen molar-refractivity contribution in [1.29, 1.82) is 0 Å². The number of amides is 2. The molecule has 3 aliphatic heterocycles. The molecule has 8 atom stereocenters. The highest BCUT2D eigenvalue weighted by atomic mass is 19.1. The minimum absolute atomic E-state index is 0.0934. The molecule has 0 aromatic heterocycles. The van der Waals surface area contributed by atoms with Crippen molar-refractivity contribution < 1.29 is 23.1 Å². The van der Waals surface area contributed by atoms with E-state index in [1.165, 1.54) is 0 Å². The first-order valence-corrected chi connectivity index (χ1v) is 16.3. The lowest BCUT2D eigenvalue weighted by Gasteiger charge is -2.45. The number of allylic oxidation sites excluding steroid dienone is 2. The molecule has 0 saturated carbocycles. The number of hydrogen-bond donors (Lipinski definition) is 5. The molecule has 0 radical (unpaired) electrons. The Kier molecular flexibility index (Phi) is 14.6. The van der Waals surface area contributed by atoms with Crippen LogP contribution in [0.2, 0.25) is 0 Å². The maximum atomic E-state index is 15.5. The summed E-state index contributed by atoms with van der Waals surface area (Å²) in [5.41, 5.74) is 7.59. The molecule has 3 rings (SSSR count). The van der Waals surface area contributed by atoms with E-state index in [9.17, 15) is 14.0 Å². The van der Waals surface area contributed by atoms with Gasteiger partial charge in [-0.15, -0.1) is 0 Å². The monoisotopic (exact) mass is 613 g/mol. The Morgan fingerprint density at radius 3 is 2.58 bits per heavy atom. The van der Waals surface area contributed by atoms with Crippen LogP contribution in [-0.4, -0.2) is 118 Å². The number of carbonyl (C=O) groups excluding carboxylic acids is 2. The fourth-order valence-electron chi connectivity index (χ4n) is 6.90. The van der Waals surface area contributed by atoms with Crippen molar-refractivity contribution in [2.45, 2.75) is 95.9 Å². The molecule has 43 heavy (non-hydrogen) atoms. The molecule has 0 aromatic carbocycles. The number of halogens is 2. The van der Waals surface area contributed by atoms with Gasteiger partial charge < -0.3 is 36.6 Å². The number of nitrogens with zero attached hydrogens (tertiary/aromatic N) is 2. The van der Waals surface area contributed by atoms with E-state index >= 15 is 4.39 Å². The second-order valence-corrected chi connectivity index (χ2v) is 12.6. The van der Waals surface area contributed by atoms with Gasteiger partial charge in [-0.25, -0.2) is 8.78 Å². The van der Waals surface area contributed by atoms with Crippen molar-refractivity contribution in [2.75, 3.05) is 60.0 Å². The molecule has 3 aliphatic rings. The zero-order valence-electron chi connectivity index (χ0n) is 26.9. The summed E-state index contributed by atoms with van der Waals surface area (Å²) in [6.45, 7) is 9.03. The molecular weight excluding hydrogens is 556 g/mol. The molecule has 2 amide bonds. The molecule has 12 heteroatoms. The Balaban J connectivity index is 1.71. The SMILES string of the molecule is CCCC(CC)/C1=C/CC(F)CNC(C)C(C(=O)NC2CNCC(F)C2N2CCC(C(=O)N(C)CCOC)CC2)C(N)N1. The summed E-state index contributed by atoms with van der Waals surface area (Å²) >= 11 is 0. The first kappa shape index (κ1) is 35.6. The number of rotatable bonds is 11. The van der Waals surface area contributed by atoms with E-state index in [0.717, 1.165) is 25.0 Å². The van der Waals surface area contributed by atoms with Gasteiger partial charge >= 0.3 is 0 Å². The summed E-state index contributed by atoms with van der Waals surface area (Å²) in [7, 11) is 3.40. The van der Waals surface area contributed by atoms with Crippen LogP contribution in [0.3, 0.4) is 0 Å². The van der Waals surface area contributed by atoms with Crippen LogP contribution in [0.25, 0.3) is 0 Å². The molecule has 8 unspecified atom stereocenters. The molecule has 2 saturated heterocycles. The van der Waals surface area contributed by atoms with Crippen molar-refractivity contribution in [3.05, 3.63) is 11.8 Å². The maximum absolute atomic E-state index is 15.5. The molecule has 0 bridgehead atoms. The van der Waals surface area contributed by atoms with Crippen LogP contribution in [0.5, 0.6) is 0 Å². The lowest BCUT2D eigenvalue weighted by molar-refractivity contribution is -0.136. The van der Waals surface area contributed by atoms with Gasteiger partial charge in [0.1, 0.15) is 12.3 Å². The molecule has 2 fully saturated rings. The number of carbonyl (C=O) groups is 2. The van der Waals surface area contributed by atoms with Crippen molar-refractivity contribution in [3.63, 3.8) is 0 Å². The second kappa shape index (κ2) is 17.6. The number of ether oxygens (including phenoxy) is 1. The van der Waals surface area contributed by atoms with Gasteiger partial charge in [0.15, 0.2) is 0 Å². The summed E-state index contributed by atoms with van der Waals surface area (Å²) in [6.07, 6.45) is 3.33. The van der Waals surface area contributed by atoms with Gasteiger partial charge in [-0.2, -0.15) is 0 Å². The predicted octanol–water partition coefficient (Wildman–Crippen LogP) is 1.52. The summed E-state index contributed by atoms with van der Waals surface area (Å²) < 4.78 is 35.4. The van der Waals surface area contributed by atoms with Gasteiger partial charge in [0.2, 0.25) is 11.8 Å². The van der Waals surface area contributed by atoms with Crippen LogP contribution < -0.4 is 27.0 Å². The Morgan fingerprint density at radius 1 is 1.21 bits per heavy atom.